The molecule has 1 aliphatic heterocycles. The Kier molecular flexibility index (Phi) is 3.83. The third-order valence-corrected chi connectivity index (χ3v) is 3.79. The van der Waals surface area contributed by atoms with Gasteiger partial charge in [-0.2, -0.15) is 0 Å². The van der Waals surface area contributed by atoms with Gasteiger partial charge in [0.2, 0.25) is 0 Å². The van der Waals surface area contributed by atoms with E-state index in [0.717, 1.165) is 17.7 Å². The molecule has 0 fully saturated rings. The van der Waals surface area contributed by atoms with Crippen LogP contribution in [-0.4, -0.2) is 11.6 Å². The van der Waals surface area contributed by atoms with Crippen LogP contribution in [0.15, 0.2) is 35.3 Å². The molecule has 0 amide bonds. The van der Waals surface area contributed by atoms with Crippen molar-refractivity contribution in [1.82, 2.24) is 4.90 Å². The fourth-order valence-electron chi connectivity index (χ4n) is 2.16. The number of hydrogen-bond donors (Lipinski definition) is 0. The van der Waals surface area contributed by atoms with Crippen molar-refractivity contribution in [3.63, 3.8) is 0 Å². The average Bonchev–Trinajstić information content (AvgIpc) is 2.43. The molecule has 6 heteroatoms. The van der Waals surface area contributed by atoms with E-state index in [1.165, 1.54) is 0 Å². The van der Waals surface area contributed by atoms with Crippen molar-refractivity contribution in [2.24, 2.45) is 4.99 Å². The first-order valence-corrected chi connectivity index (χ1v) is 6.98. The quantitative estimate of drug-likeness (QED) is 0.828. The molecule has 2 nitrogen and oxygen atoms in total. The third-order valence-electron chi connectivity index (χ3n) is 3.20. The first kappa shape index (κ1) is 14.3. The fraction of sp³-hybridized carbons (Fsp3) is 0.133. The van der Waals surface area contributed by atoms with Gasteiger partial charge < -0.3 is 4.90 Å². The zero-order chi connectivity index (χ0) is 15.0. The van der Waals surface area contributed by atoms with Crippen molar-refractivity contribution in [2.45, 2.75) is 6.54 Å². The lowest BCUT2D eigenvalue weighted by molar-refractivity contribution is 0.405. The maximum absolute atomic E-state index is 13.3. The Hall–Kier alpha value is -1.65. The third kappa shape index (κ3) is 3.01. The number of hydrogen-bond acceptors (Lipinski definition) is 2. The van der Waals surface area contributed by atoms with Gasteiger partial charge in [-0.15, -0.1) is 0 Å². The Bertz CT molecular complexity index is 821. The van der Waals surface area contributed by atoms with Crippen LogP contribution in [0, 0.1) is 11.6 Å². The second-order valence-electron chi connectivity index (χ2n) is 4.74. The molecule has 0 spiro atoms. The average molecular weight is 327 g/mol. The molecule has 0 unspecified atom stereocenters. The zero-order valence-electron chi connectivity index (χ0n) is 10.8. The molecule has 0 saturated carbocycles. The minimum atomic E-state index is -0.889. The summed E-state index contributed by atoms with van der Waals surface area (Å²) in [4.78, 5) is 6.11. The van der Waals surface area contributed by atoms with Gasteiger partial charge in [0.15, 0.2) is 11.6 Å². The highest BCUT2D eigenvalue weighted by molar-refractivity contribution is 6.35. The summed E-state index contributed by atoms with van der Waals surface area (Å²) in [6.45, 7) is 0.870. The zero-order valence-corrected chi connectivity index (χ0v) is 12.3. The van der Waals surface area contributed by atoms with E-state index in [9.17, 15) is 8.78 Å². The maximum atomic E-state index is 13.3. The normalized spacial score (nSPS) is 13.4. The Morgan fingerprint density at radius 3 is 2.62 bits per heavy atom. The fourth-order valence-corrected chi connectivity index (χ4v) is 2.63. The van der Waals surface area contributed by atoms with Crippen molar-refractivity contribution in [3.05, 3.63) is 68.2 Å². The maximum Gasteiger partial charge on any atom is 0.161 e. The predicted octanol–water partition coefficient (Wildman–Crippen LogP) is 3.10. The van der Waals surface area contributed by atoms with Gasteiger partial charge in [-0.3, -0.25) is 4.99 Å². The van der Waals surface area contributed by atoms with Gasteiger partial charge in [-0.1, -0.05) is 29.3 Å². The van der Waals surface area contributed by atoms with Crippen molar-refractivity contribution in [3.8, 4) is 0 Å². The molecule has 1 heterocycles. The van der Waals surface area contributed by atoms with Crippen LogP contribution in [0.1, 0.15) is 5.56 Å². The molecule has 0 aromatic heterocycles. The van der Waals surface area contributed by atoms with E-state index in [1.807, 2.05) is 11.0 Å². The van der Waals surface area contributed by atoms with Crippen molar-refractivity contribution in [2.75, 3.05) is 6.67 Å². The SMILES string of the molecule is Fc1cc2c(cc1F)=NCN(Cc1ccc(Cl)cc1Cl)C=2. The topological polar surface area (TPSA) is 15.6 Å². The highest BCUT2D eigenvalue weighted by Gasteiger charge is 2.10. The van der Waals surface area contributed by atoms with Gasteiger partial charge in [-0.25, -0.2) is 8.78 Å². The number of rotatable bonds is 2. The summed E-state index contributed by atoms with van der Waals surface area (Å²) in [6.07, 6.45) is 1.75. The number of nitrogens with zero attached hydrogens (tertiary/aromatic N) is 2. The minimum Gasteiger partial charge on any atom is -0.353 e. The summed E-state index contributed by atoms with van der Waals surface area (Å²) in [5, 5.41) is 2.13. The van der Waals surface area contributed by atoms with Crippen molar-refractivity contribution in [1.29, 1.82) is 0 Å². The monoisotopic (exact) mass is 326 g/mol. The van der Waals surface area contributed by atoms with Gasteiger partial charge in [0, 0.05) is 34.1 Å². The lowest BCUT2D eigenvalue weighted by atomic mass is 10.2. The van der Waals surface area contributed by atoms with E-state index in [2.05, 4.69) is 4.99 Å². The van der Waals surface area contributed by atoms with Gasteiger partial charge >= 0.3 is 0 Å². The van der Waals surface area contributed by atoms with E-state index in [-0.39, 0.29) is 0 Å². The van der Waals surface area contributed by atoms with E-state index >= 15 is 0 Å². The first-order valence-electron chi connectivity index (χ1n) is 6.22. The molecule has 0 aliphatic carbocycles. The van der Waals surface area contributed by atoms with Gasteiger partial charge in [0.1, 0.15) is 6.67 Å². The molecule has 2 aromatic rings. The second kappa shape index (κ2) is 5.62. The van der Waals surface area contributed by atoms with Crippen molar-refractivity contribution >= 4 is 29.4 Å². The summed E-state index contributed by atoms with van der Waals surface area (Å²) in [5.74, 6) is -1.77. The first-order chi connectivity index (χ1) is 10.0. The Balaban J connectivity index is 1.92. The van der Waals surface area contributed by atoms with Gasteiger partial charge in [-0.05, 0) is 23.8 Å². The molecular formula is C15H10Cl2F2N2. The molecule has 1 aliphatic rings. The molecule has 21 heavy (non-hydrogen) atoms. The highest BCUT2D eigenvalue weighted by Crippen LogP contribution is 2.22. The van der Waals surface area contributed by atoms with Crippen LogP contribution in [0.4, 0.5) is 8.78 Å². The number of benzene rings is 2. The van der Waals surface area contributed by atoms with Crippen LogP contribution in [-0.2, 0) is 6.54 Å². The standard InChI is InChI=1S/C15H10Cl2F2N2/c16-11-2-1-9(12(17)4-11)6-21-7-10-3-13(18)14(19)5-15(10)20-8-21/h1-5,7H,6,8H2. The summed E-state index contributed by atoms with van der Waals surface area (Å²) in [5.41, 5.74) is 0.888. The van der Waals surface area contributed by atoms with Gasteiger partial charge in [0.05, 0.1) is 5.36 Å². The van der Waals surface area contributed by atoms with Crippen LogP contribution >= 0.6 is 23.2 Å². The second-order valence-corrected chi connectivity index (χ2v) is 5.58. The van der Waals surface area contributed by atoms with E-state index < -0.39 is 11.6 Å². The minimum absolute atomic E-state index is 0.358. The summed E-state index contributed by atoms with van der Waals surface area (Å²) in [6, 6.07) is 7.51. The molecule has 3 rings (SSSR count). The Labute approximate surface area is 129 Å². The molecule has 108 valence electrons. The predicted molar refractivity (Wildman–Crippen MR) is 78.5 cm³/mol. The summed E-state index contributed by atoms with van der Waals surface area (Å²) < 4.78 is 26.4. The molecule has 0 radical (unpaired) electrons. The van der Waals surface area contributed by atoms with E-state index in [1.54, 1.807) is 18.3 Å². The Morgan fingerprint density at radius 1 is 1.10 bits per heavy atom. The van der Waals surface area contributed by atoms with Crippen LogP contribution < -0.4 is 10.6 Å². The Morgan fingerprint density at radius 2 is 1.86 bits per heavy atom. The molecule has 2 aromatic carbocycles. The number of fused-ring (bicyclic) bond motifs is 1. The molecule has 0 atom stereocenters. The highest BCUT2D eigenvalue weighted by atomic mass is 35.5. The van der Waals surface area contributed by atoms with Gasteiger partial charge in [0.25, 0.3) is 0 Å². The van der Waals surface area contributed by atoms with Crippen molar-refractivity contribution < 1.29 is 8.78 Å². The molecule has 0 bridgehead atoms. The van der Waals surface area contributed by atoms with Crippen LogP contribution in [0.3, 0.4) is 0 Å². The van der Waals surface area contributed by atoms with Crippen LogP contribution in [0.5, 0.6) is 0 Å². The summed E-state index contributed by atoms with van der Waals surface area (Å²) >= 11 is 12.0. The summed E-state index contributed by atoms with van der Waals surface area (Å²) in [7, 11) is 0. The van der Waals surface area contributed by atoms with Crippen LogP contribution in [0.2, 0.25) is 10.0 Å². The van der Waals surface area contributed by atoms with E-state index in [4.69, 9.17) is 23.2 Å². The molecular weight excluding hydrogens is 317 g/mol. The number of halogens is 4. The lowest BCUT2D eigenvalue weighted by Crippen LogP contribution is -2.36. The smallest absolute Gasteiger partial charge is 0.161 e. The lowest BCUT2D eigenvalue weighted by Gasteiger charge is -2.21. The van der Waals surface area contributed by atoms with E-state index in [0.29, 0.717) is 33.8 Å². The largest absolute Gasteiger partial charge is 0.353 e. The van der Waals surface area contributed by atoms with Crippen LogP contribution in [0.25, 0.3) is 6.20 Å². The molecule has 0 N–H and O–H groups in total. The molecule has 0 saturated heterocycles.